The van der Waals surface area contributed by atoms with Gasteiger partial charge in [-0.3, -0.25) is 0 Å². The summed E-state index contributed by atoms with van der Waals surface area (Å²) in [6.07, 6.45) is 2.68. The van der Waals surface area contributed by atoms with Crippen molar-refractivity contribution in [2.75, 3.05) is 0 Å². The molecule has 0 saturated carbocycles. The standard InChI is InChI=1S/2C6H10N4O2S.2Na/c2*11-5(12)3-1-2-4-10-6(13)7-8-9-10;;/h2*1-4H2,(H,11,12)(H,7,9,13);;/q;;2*+1/p-2. The summed E-state index contributed by atoms with van der Waals surface area (Å²) >= 11 is 7.98. The maximum atomic E-state index is 10.1. The van der Waals surface area contributed by atoms with Crippen LogP contribution in [0.4, 0.5) is 0 Å². The zero-order chi connectivity index (χ0) is 19.4. The van der Waals surface area contributed by atoms with Gasteiger partial charge in [0.2, 0.25) is 10.3 Å². The van der Waals surface area contributed by atoms with Crippen molar-refractivity contribution in [3.8, 4) is 0 Å². The van der Waals surface area contributed by atoms with Gasteiger partial charge in [-0.05, 0) is 59.4 Å². The van der Waals surface area contributed by atoms with E-state index in [0.29, 0.717) is 49.1 Å². The summed E-state index contributed by atoms with van der Waals surface area (Å²) < 4.78 is 3.02. The number of hydrogen-bond acceptors (Lipinski definition) is 12. The molecule has 2 heterocycles. The molecule has 0 radical (unpaired) electrons. The predicted molar refractivity (Wildman–Crippen MR) is 87.9 cm³/mol. The maximum absolute atomic E-state index is 10.1. The number of aryl methyl sites for hydroxylation is 2. The van der Waals surface area contributed by atoms with Gasteiger partial charge in [0.05, 0.1) is 0 Å². The number of aliphatic carboxylic acids is 2. The Kier molecular flexibility index (Phi) is 18.9. The second-order valence-electron chi connectivity index (χ2n) is 5.06. The van der Waals surface area contributed by atoms with Gasteiger partial charge in [0.1, 0.15) is 0 Å². The summed E-state index contributed by atoms with van der Waals surface area (Å²) in [5.41, 5.74) is 0. The van der Waals surface area contributed by atoms with Gasteiger partial charge in [-0.2, -0.15) is 0 Å². The Bertz CT molecular complexity index is 644. The summed E-state index contributed by atoms with van der Waals surface area (Å²) in [4.78, 5) is 20.1. The Labute approximate surface area is 216 Å². The van der Waals surface area contributed by atoms with E-state index in [1.165, 1.54) is 9.36 Å². The molecule has 0 amide bonds. The zero-order valence-corrected chi connectivity index (χ0v) is 21.6. The van der Waals surface area contributed by atoms with Gasteiger partial charge in [0.15, 0.2) is 0 Å². The number of carbonyl (C=O) groups excluding carboxylic acids is 2. The average molecular weight is 448 g/mol. The predicted octanol–water partition coefficient (Wildman–Crippen LogP) is -8.23. The first-order valence-corrected chi connectivity index (χ1v) is 8.59. The zero-order valence-electron chi connectivity index (χ0n) is 15.8. The van der Waals surface area contributed by atoms with Crippen LogP contribution in [0.25, 0.3) is 0 Å². The molecule has 0 aliphatic rings. The molecular formula is C12H18N8Na2O4S2. The van der Waals surface area contributed by atoms with Gasteiger partial charge >= 0.3 is 59.1 Å². The second-order valence-corrected chi connectivity index (χ2v) is 5.86. The summed E-state index contributed by atoms with van der Waals surface area (Å²) in [6.45, 7) is 1.16. The third-order valence-electron chi connectivity index (χ3n) is 3.03. The van der Waals surface area contributed by atoms with Crippen molar-refractivity contribution < 1.29 is 78.9 Å². The fraction of sp³-hybridized carbons (Fsp3) is 0.667. The molecule has 0 saturated heterocycles. The number of tetrazole rings is 2. The Morgan fingerprint density at radius 1 is 0.750 bits per heavy atom. The van der Waals surface area contributed by atoms with E-state index in [4.69, 9.17) is 0 Å². The van der Waals surface area contributed by atoms with Gasteiger partial charge in [-0.25, -0.2) is 9.36 Å². The van der Waals surface area contributed by atoms with E-state index in [2.05, 4.69) is 56.3 Å². The second kappa shape index (κ2) is 17.6. The van der Waals surface area contributed by atoms with Crippen molar-refractivity contribution in [2.24, 2.45) is 0 Å². The molecule has 28 heavy (non-hydrogen) atoms. The summed E-state index contributed by atoms with van der Waals surface area (Å²) in [5, 5.41) is 42.2. The third kappa shape index (κ3) is 13.9. The monoisotopic (exact) mass is 448 g/mol. The SMILES string of the molecule is O=C([O-])CCCCn1nnnc1S.O=C([O-])CCCCn1nnnc1S.[Na+].[Na+]. The van der Waals surface area contributed by atoms with E-state index in [9.17, 15) is 19.8 Å². The molecule has 0 bridgehead atoms. The fourth-order valence-electron chi connectivity index (χ4n) is 1.75. The molecular weight excluding hydrogens is 430 g/mol. The van der Waals surface area contributed by atoms with E-state index >= 15 is 0 Å². The number of carboxylic acid groups (broad SMARTS) is 2. The first kappa shape index (κ1) is 30.0. The Morgan fingerprint density at radius 2 is 1.11 bits per heavy atom. The van der Waals surface area contributed by atoms with Gasteiger partial charge in [0.25, 0.3) is 0 Å². The fourth-order valence-corrected chi connectivity index (χ4v) is 2.11. The summed E-state index contributed by atoms with van der Waals surface area (Å²) in [7, 11) is 0. The average Bonchev–Trinajstić information content (AvgIpc) is 3.17. The number of unbranched alkanes of at least 4 members (excludes halogenated alkanes) is 2. The van der Waals surface area contributed by atoms with E-state index in [0.717, 1.165) is 0 Å². The molecule has 0 atom stereocenters. The molecule has 0 fully saturated rings. The first-order chi connectivity index (χ1) is 12.4. The van der Waals surface area contributed by atoms with Crippen LogP contribution in [0.2, 0.25) is 0 Å². The van der Waals surface area contributed by atoms with E-state index < -0.39 is 11.9 Å². The van der Waals surface area contributed by atoms with Crippen LogP contribution in [0.1, 0.15) is 38.5 Å². The number of nitrogens with zero attached hydrogens (tertiary/aromatic N) is 8. The minimum absolute atomic E-state index is 0. The van der Waals surface area contributed by atoms with Crippen LogP contribution in [-0.4, -0.2) is 52.4 Å². The van der Waals surface area contributed by atoms with Crippen LogP contribution in [0.15, 0.2) is 10.3 Å². The molecule has 12 nitrogen and oxygen atoms in total. The number of hydrogen-bond donors (Lipinski definition) is 2. The van der Waals surface area contributed by atoms with Crippen molar-refractivity contribution >= 4 is 37.2 Å². The van der Waals surface area contributed by atoms with Crippen molar-refractivity contribution in [2.45, 2.75) is 61.9 Å². The molecule has 0 aliphatic heterocycles. The normalized spacial score (nSPS) is 9.50. The molecule has 0 N–H and O–H groups in total. The molecule has 2 aromatic rings. The molecule has 2 rings (SSSR count). The number of carbonyl (C=O) groups is 2. The number of thiol groups is 2. The Balaban J connectivity index is 0. The maximum Gasteiger partial charge on any atom is 1.00 e. The minimum atomic E-state index is -1.03. The van der Waals surface area contributed by atoms with Gasteiger partial charge in [-0.1, -0.05) is 0 Å². The van der Waals surface area contributed by atoms with E-state index in [1.54, 1.807) is 0 Å². The smallest absolute Gasteiger partial charge is 0.550 e. The molecule has 0 unspecified atom stereocenters. The molecule has 144 valence electrons. The van der Waals surface area contributed by atoms with Gasteiger partial charge in [-0.15, -0.1) is 35.5 Å². The molecule has 0 spiro atoms. The summed E-state index contributed by atoms with van der Waals surface area (Å²) in [5.74, 6) is -2.05. The van der Waals surface area contributed by atoms with Gasteiger partial charge in [0, 0.05) is 25.0 Å². The largest absolute Gasteiger partial charge is 1.00 e. The first-order valence-electron chi connectivity index (χ1n) is 7.70. The third-order valence-corrected chi connectivity index (χ3v) is 3.67. The minimum Gasteiger partial charge on any atom is -0.550 e. The van der Waals surface area contributed by atoms with Crippen molar-refractivity contribution in [3.05, 3.63) is 0 Å². The van der Waals surface area contributed by atoms with Crippen molar-refractivity contribution in [1.82, 2.24) is 40.4 Å². The quantitative estimate of drug-likeness (QED) is 0.202. The van der Waals surface area contributed by atoms with Gasteiger partial charge < -0.3 is 19.8 Å². The van der Waals surface area contributed by atoms with Crippen molar-refractivity contribution in [1.29, 1.82) is 0 Å². The van der Waals surface area contributed by atoms with E-state index in [1.807, 2.05) is 0 Å². The van der Waals surface area contributed by atoms with Crippen LogP contribution >= 0.6 is 25.3 Å². The summed E-state index contributed by atoms with van der Waals surface area (Å²) in [6, 6.07) is 0. The Hall–Kier alpha value is -0.220. The molecule has 16 heteroatoms. The van der Waals surface area contributed by atoms with E-state index in [-0.39, 0.29) is 72.0 Å². The van der Waals surface area contributed by atoms with Crippen LogP contribution in [0.3, 0.4) is 0 Å². The molecule has 0 aromatic carbocycles. The Morgan fingerprint density at radius 3 is 1.36 bits per heavy atom. The molecule has 2 aromatic heterocycles. The van der Waals surface area contributed by atoms with Crippen LogP contribution in [-0.2, 0) is 22.7 Å². The van der Waals surface area contributed by atoms with Crippen LogP contribution in [0.5, 0.6) is 0 Å². The number of aromatic nitrogens is 8. The number of rotatable bonds is 10. The topological polar surface area (TPSA) is 167 Å². The van der Waals surface area contributed by atoms with Crippen LogP contribution < -0.4 is 69.3 Å². The van der Waals surface area contributed by atoms with Crippen molar-refractivity contribution in [3.63, 3.8) is 0 Å². The molecule has 0 aliphatic carbocycles. The number of carboxylic acids is 2. The van der Waals surface area contributed by atoms with Crippen LogP contribution in [0, 0.1) is 0 Å².